The van der Waals surface area contributed by atoms with Crippen LogP contribution in [0.25, 0.3) is 0 Å². The van der Waals surface area contributed by atoms with Crippen LogP contribution in [0.4, 0.5) is 5.69 Å². The summed E-state index contributed by atoms with van der Waals surface area (Å²) in [7, 11) is 3.47. The highest BCUT2D eigenvalue weighted by atomic mass is 16.5. The number of imidazole rings is 1. The van der Waals surface area contributed by atoms with Crippen LogP contribution in [0.1, 0.15) is 23.8 Å². The summed E-state index contributed by atoms with van der Waals surface area (Å²) in [5.41, 5.74) is 1.21. The fourth-order valence-corrected chi connectivity index (χ4v) is 1.76. The minimum Gasteiger partial charge on any atom is -0.465 e. The Labute approximate surface area is 118 Å². The maximum Gasteiger partial charge on any atom is 0.296 e. The van der Waals surface area contributed by atoms with Crippen LogP contribution >= 0.6 is 0 Å². The van der Waals surface area contributed by atoms with E-state index >= 15 is 0 Å². The molecule has 0 spiro atoms. The molecule has 0 saturated heterocycles. The second kappa shape index (κ2) is 6.18. The molecule has 2 rings (SSSR count). The number of rotatable bonds is 5. The second-order valence-electron chi connectivity index (χ2n) is 4.41. The van der Waals surface area contributed by atoms with E-state index in [0.29, 0.717) is 18.3 Å². The molecular weight excluding hydrogens is 256 g/mol. The fourth-order valence-electron chi connectivity index (χ4n) is 1.76. The summed E-state index contributed by atoms with van der Waals surface area (Å²) < 4.78 is 7.13. The zero-order valence-corrected chi connectivity index (χ0v) is 11.9. The summed E-state index contributed by atoms with van der Waals surface area (Å²) in [6.45, 7) is 2.60. The number of hydrogen-bond acceptors (Lipinski definition) is 4. The third kappa shape index (κ3) is 2.79. The number of anilines is 1. The monoisotopic (exact) mass is 274 g/mol. The zero-order valence-electron chi connectivity index (χ0n) is 11.9. The molecule has 0 aliphatic heterocycles. The van der Waals surface area contributed by atoms with E-state index in [1.165, 1.54) is 11.1 Å². The smallest absolute Gasteiger partial charge is 0.296 e. The Kier molecular flexibility index (Phi) is 4.34. The first kappa shape index (κ1) is 14.0. The number of ether oxygens (including phenoxy) is 1. The van der Waals surface area contributed by atoms with Crippen molar-refractivity contribution in [2.45, 2.75) is 13.3 Å². The Morgan fingerprint density at radius 1 is 1.45 bits per heavy atom. The number of hydrogen-bond donors (Lipinski definition) is 0. The van der Waals surface area contributed by atoms with Crippen LogP contribution in [0, 0.1) is 0 Å². The second-order valence-corrected chi connectivity index (χ2v) is 4.41. The molecule has 0 fully saturated rings. The number of aromatic nitrogens is 3. The maximum atomic E-state index is 12.4. The van der Waals surface area contributed by atoms with Gasteiger partial charge in [0.25, 0.3) is 11.9 Å². The van der Waals surface area contributed by atoms with Crippen LogP contribution in [-0.4, -0.2) is 34.1 Å². The van der Waals surface area contributed by atoms with Crippen molar-refractivity contribution in [3.63, 3.8) is 0 Å². The molecular formula is C14H18N4O2. The van der Waals surface area contributed by atoms with Crippen LogP contribution in [-0.2, 0) is 7.05 Å². The first-order valence-corrected chi connectivity index (χ1v) is 6.47. The molecule has 0 aliphatic rings. The molecule has 2 heterocycles. The van der Waals surface area contributed by atoms with E-state index in [-0.39, 0.29) is 5.91 Å². The van der Waals surface area contributed by atoms with Gasteiger partial charge in [0.1, 0.15) is 5.69 Å². The molecule has 0 unspecified atom stereocenters. The van der Waals surface area contributed by atoms with Crippen LogP contribution in [0.2, 0.25) is 0 Å². The molecule has 0 radical (unpaired) electrons. The van der Waals surface area contributed by atoms with Gasteiger partial charge in [0.05, 0.1) is 24.7 Å². The molecule has 0 aliphatic carbocycles. The predicted octanol–water partition coefficient (Wildman–Crippen LogP) is 1.88. The van der Waals surface area contributed by atoms with Gasteiger partial charge in [0.2, 0.25) is 0 Å². The molecule has 0 atom stereocenters. The van der Waals surface area contributed by atoms with Crippen LogP contribution in [0.15, 0.2) is 30.7 Å². The first-order chi connectivity index (χ1) is 9.65. The molecule has 106 valence electrons. The van der Waals surface area contributed by atoms with Crippen LogP contribution in [0.3, 0.4) is 0 Å². The minimum atomic E-state index is -0.153. The molecule has 2 aromatic rings. The number of nitrogens with zero attached hydrogens (tertiary/aromatic N) is 4. The lowest BCUT2D eigenvalue weighted by Gasteiger charge is -2.16. The lowest BCUT2D eigenvalue weighted by Crippen LogP contribution is -2.28. The summed E-state index contributed by atoms with van der Waals surface area (Å²) in [4.78, 5) is 22.1. The minimum absolute atomic E-state index is 0.153. The topological polar surface area (TPSA) is 60.2 Å². The van der Waals surface area contributed by atoms with E-state index in [4.69, 9.17) is 4.74 Å². The summed E-state index contributed by atoms with van der Waals surface area (Å²) in [5, 5.41) is 0. The summed E-state index contributed by atoms with van der Waals surface area (Å²) >= 11 is 0. The Morgan fingerprint density at radius 3 is 2.90 bits per heavy atom. The van der Waals surface area contributed by atoms with Gasteiger partial charge in [-0.15, -0.1) is 0 Å². The predicted molar refractivity (Wildman–Crippen MR) is 76.0 cm³/mol. The Morgan fingerprint density at radius 2 is 2.25 bits per heavy atom. The Balaban J connectivity index is 2.19. The molecule has 20 heavy (non-hydrogen) atoms. The standard InChI is InChI=1S/C14H18N4O2/c1-4-8-20-14-16-10-12(18(14)3)13(19)17(2)11-6-5-7-15-9-11/h5-7,9-10H,4,8H2,1-3H3. The van der Waals surface area contributed by atoms with E-state index in [9.17, 15) is 4.79 Å². The highest BCUT2D eigenvalue weighted by molar-refractivity contribution is 6.04. The Bertz CT molecular complexity index is 580. The third-order valence-electron chi connectivity index (χ3n) is 2.94. The third-order valence-corrected chi connectivity index (χ3v) is 2.94. The molecule has 0 aromatic carbocycles. The number of carbonyl (C=O) groups is 1. The quantitative estimate of drug-likeness (QED) is 0.835. The van der Waals surface area contributed by atoms with E-state index < -0.39 is 0 Å². The summed E-state index contributed by atoms with van der Waals surface area (Å²) in [5.74, 6) is -0.153. The summed E-state index contributed by atoms with van der Waals surface area (Å²) in [6.07, 6.45) is 5.73. The molecule has 1 amide bonds. The van der Waals surface area contributed by atoms with Crippen molar-refractivity contribution in [2.75, 3.05) is 18.6 Å². The van der Waals surface area contributed by atoms with Gasteiger partial charge in [-0.05, 0) is 18.6 Å². The normalized spacial score (nSPS) is 10.3. The van der Waals surface area contributed by atoms with Crippen molar-refractivity contribution in [3.05, 3.63) is 36.4 Å². The molecule has 2 aromatic heterocycles. The van der Waals surface area contributed by atoms with Gasteiger partial charge in [-0.25, -0.2) is 4.98 Å². The van der Waals surface area contributed by atoms with E-state index in [0.717, 1.165) is 12.1 Å². The average Bonchev–Trinajstić information content (AvgIpc) is 2.85. The van der Waals surface area contributed by atoms with E-state index in [1.54, 1.807) is 37.1 Å². The van der Waals surface area contributed by atoms with Gasteiger partial charge in [0, 0.05) is 20.3 Å². The SMILES string of the molecule is CCCOc1ncc(C(=O)N(C)c2cccnc2)n1C. The molecule has 0 N–H and O–H groups in total. The van der Waals surface area contributed by atoms with Crippen molar-refractivity contribution in [3.8, 4) is 6.01 Å². The van der Waals surface area contributed by atoms with Crippen LogP contribution in [0.5, 0.6) is 6.01 Å². The lowest BCUT2D eigenvalue weighted by atomic mass is 10.3. The van der Waals surface area contributed by atoms with Crippen LogP contribution < -0.4 is 9.64 Å². The van der Waals surface area contributed by atoms with Crippen molar-refractivity contribution in [1.29, 1.82) is 0 Å². The van der Waals surface area contributed by atoms with Gasteiger partial charge in [-0.3, -0.25) is 14.3 Å². The van der Waals surface area contributed by atoms with Gasteiger partial charge in [-0.2, -0.15) is 0 Å². The molecule has 6 heteroatoms. The van der Waals surface area contributed by atoms with Crippen molar-refractivity contribution < 1.29 is 9.53 Å². The number of pyridine rings is 1. The molecule has 0 saturated carbocycles. The van der Waals surface area contributed by atoms with Crippen molar-refractivity contribution >= 4 is 11.6 Å². The van der Waals surface area contributed by atoms with Crippen molar-refractivity contribution in [1.82, 2.24) is 14.5 Å². The van der Waals surface area contributed by atoms with Gasteiger partial charge in [-0.1, -0.05) is 6.92 Å². The zero-order chi connectivity index (χ0) is 14.5. The molecule has 6 nitrogen and oxygen atoms in total. The molecule has 0 bridgehead atoms. The average molecular weight is 274 g/mol. The lowest BCUT2D eigenvalue weighted by molar-refractivity contribution is 0.0984. The van der Waals surface area contributed by atoms with Gasteiger partial charge >= 0.3 is 0 Å². The van der Waals surface area contributed by atoms with Gasteiger partial charge < -0.3 is 9.64 Å². The van der Waals surface area contributed by atoms with Crippen molar-refractivity contribution in [2.24, 2.45) is 7.05 Å². The van der Waals surface area contributed by atoms with E-state index in [2.05, 4.69) is 9.97 Å². The first-order valence-electron chi connectivity index (χ1n) is 6.47. The largest absolute Gasteiger partial charge is 0.465 e. The Hall–Kier alpha value is -2.37. The maximum absolute atomic E-state index is 12.4. The number of carbonyl (C=O) groups excluding carboxylic acids is 1. The highest BCUT2D eigenvalue weighted by Crippen LogP contribution is 2.16. The highest BCUT2D eigenvalue weighted by Gasteiger charge is 2.19. The summed E-state index contributed by atoms with van der Waals surface area (Å²) in [6, 6.07) is 4.07. The van der Waals surface area contributed by atoms with E-state index in [1.807, 2.05) is 13.0 Å². The number of amides is 1. The van der Waals surface area contributed by atoms with Gasteiger partial charge in [0.15, 0.2) is 0 Å². The fraction of sp³-hybridized carbons (Fsp3) is 0.357.